The Labute approximate surface area is 127 Å². The van der Waals surface area contributed by atoms with Gasteiger partial charge in [0.05, 0.1) is 17.2 Å². The summed E-state index contributed by atoms with van der Waals surface area (Å²) in [5.74, 6) is 0. The fraction of sp³-hybridized carbons (Fsp3) is 0.125. The van der Waals surface area contributed by atoms with E-state index in [0.29, 0.717) is 18.1 Å². The molecule has 1 aromatic heterocycles. The Balaban J connectivity index is 1.77. The molecule has 0 aliphatic heterocycles. The number of para-hydroxylation sites is 2. The van der Waals surface area contributed by atoms with E-state index in [1.54, 1.807) is 4.57 Å². The standard InChI is InChI=1S/C16H14ClN3O/c17-12-5-7-13(8-6-12)18-9-10-20-15-4-2-1-3-14(15)19-11-16(20)21/h1-8,11,18H,9-10H2. The predicted molar refractivity (Wildman–Crippen MR) is 85.9 cm³/mol. The number of aromatic nitrogens is 2. The third-order valence-corrected chi connectivity index (χ3v) is 3.51. The van der Waals surface area contributed by atoms with Gasteiger partial charge in [0.1, 0.15) is 0 Å². The highest BCUT2D eigenvalue weighted by atomic mass is 35.5. The van der Waals surface area contributed by atoms with Crippen molar-refractivity contribution >= 4 is 28.3 Å². The minimum atomic E-state index is -0.0911. The smallest absolute Gasteiger partial charge is 0.269 e. The van der Waals surface area contributed by atoms with Crippen molar-refractivity contribution < 1.29 is 0 Å². The van der Waals surface area contributed by atoms with Gasteiger partial charge in [-0.3, -0.25) is 4.79 Å². The predicted octanol–water partition coefficient (Wildman–Crippen LogP) is 3.16. The Morgan fingerprint density at radius 2 is 1.86 bits per heavy atom. The molecule has 0 radical (unpaired) electrons. The van der Waals surface area contributed by atoms with Crippen LogP contribution >= 0.6 is 11.6 Å². The first-order valence-corrected chi connectivity index (χ1v) is 7.06. The fourth-order valence-electron chi connectivity index (χ4n) is 2.23. The number of halogens is 1. The van der Waals surface area contributed by atoms with E-state index < -0.39 is 0 Å². The SMILES string of the molecule is O=c1cnc2ccccc2n1CCNc1ccc(Cl)cc1. The number of hydrogen-bond acceptors (Lipinski definition) is 3. The molecule has 1 N–H and O–H groups in total. The van der Waals surface area contributed by atoms with E-state index in [-0.39, 0.29) is 5.56 Å². The van der Waals surface area contributed by atoms with Gasteiger partial charge in [0.2, 0.25) is 0 Å². The summed E-state index contributed by atoms with van der Waals surface area (Å²) in [4.78, 5) is 16.1. The number of anilines is 1. The van der Waals surface area contributed by atoms with Crippen molar-refractivity contribution in [1.29, 1.82) is 0 Å². The Morgan fingerprint density at radius 3 is 2.67 bits per heavy atom. The lowest BCUT2D eigenvalue weighted by Gasteiger charge is -2.11. The maximum Gasteiger partial charge on any atom is 0.269 e. The number of benzene rings is 2. The molecule has 106 valence electrons. The van der Waals surface area contributed by atoms with Crippen molar-refractivity contribution in [3.8, 4) is 0 Å². The van der Waals surface area contributed by atoms with E-state index in [1.165, 1.54) is 6.20 Å². The average Bonchev–Trinajstić information content (AvgIpc) is 2.51. The number of nitrogens with zero attached hydrogens (tertiary/aromatic N) is 2. The molecule has 1 heterocycles. The summed E-state index contributed by atoms with van der Waals surface area (Å²) in [5, 5.41) is 3.98. The van der Waals surface area contributed by atoms with Gasteiger partial charge in [-0.25, -0.2) is 4.98 Å². The lowest BCUT2D eigenvalue weighted by molar-refractivity contribution is 0.721. The highest BCUT2D eigenvalue weighted by molar-refractivity contribution is 6.30. The quantitative estimate of drug-likeness (QED) is 0.805. The lowest BCUT2D eigenvalue weighted by atomic mass is 10.3. The molecule has 0 amide bonds. The van der Waals surface area contributed by atoms with E-state index >= 15 is 0 Å². The van der Waals surface area contributed by atoms with Crippen molar-refractivity contribution in [3.05, 3.63) is 70.1 Å². The minimum absolute atomic E-state index is 0.0911. The normalized spacial score (nSPS) is 10.7. The van der Waals surface area contributed by atoms with Gasteiger partial charge >= 0.3 is 0 Å². The molecule has 0 unspecified atom stereocenters. The van der Waals surface area contributed by atoms with Crippen LogP contribution in [0, 0.1) is 0 Å². The second kappa shape index (κ2) is 5.97. The van der Waals surface area contributed by atoms with Crippen LogP contribution in [0.4, 0.5) is 5.69 Å². The van der Waals surface area contributed by atoms with Crippen molar-refractivity contribution in [2.45, 2.75) is 6.54 Å². The Bertz CT molecular complexity index is 812. The third kappa shape index (κ3) is 3.06. The van der Waals surface area contributed by atoms with Gasteiger partial charge in [0.25, 0.3) is 5.56 Å². The van der Waals surface area contributed by atoms with Crippen molar-refractivity contribution in [2.75, 3.05) is 11.9 Å². The van der Waals surface area contributed by atoms with E-state index in [1.807, 2.05) is 48.5 Å². The Morgan fingerprint density at radius 1 is 1.10 bits per heavy atom. The molecule has 0 saturated carbocycles. The maximum absolute atomic E-state index is 12.0. The van der Waals surface area contributed by atoms with Crippen LogP contribution in [-0.2, 0) is 6.54 Å². The molecule has 5 heteroatoms. The molecule has 21 heavy (non-hydrogen) atoms. The van der Waals surface area contributed by atoms with Crippen LogP contribution < -0.4 is 10.9 Å². The van der Waals surface area contributed by atoms with E-state index in [9.17, 15) is 4.79 Å². The largest absolute Gasteiger partial charge is 0.383 e. The van der Waals surface area contributed by atoms with Gasteiger partial charge in [-0.2, -0.15) is 0 Å². The first-order valence-electron chi connectivity index (χ1n) is 6.68. The number of nitrogens with one attached hydrogen (secondary N) is 1. The average molecular weight is 300 g/mol. The molecule has 0 saturated heterocycles. The molecule has 2 aromatic carbocycles. The molecule has 3 aromatic rings. The second-order valence-corrected chi connectivity index (χ2v) is 5.11. The topological polar surface area (TPSA) is 46.9 Å². The molecule has 0 aliphatic rings. The lowest BCUT2D eigenvalue weighted by Crippen LogP contribution is -2.24. The summed E-state index contributed by atoms with van der Waals surface area (Å²) in [7, 11) is 0. The highest BCUT2D eigenvalue weighted by Crippen LogP contribution is 2.13. The molecule has 3 rings (SSSR count). The number of hydrogen-bond donors (Lipinski definition) is 1. The van der Waals surface area contributed by atoms with Gasteiger partial charge in [-0.15, -0.1) is 0 Å². The van der Waals surface area contributed by atoms with E-state index in [2.05, 4.69) is 10.3 Å². The summed E-state index contributed by atoms with van der Waals surface area (Å²) >= 11 is 5.85. The second-order valence-electron chi connectivity index (χ2n) is 4.67. The molecule has 0 bridgehead atoms. The Hall–Kier alpha value is -2.33. The Kier molecular flexibility index (Phi) is 3.88. The first kappa shape index (κ1) is 13.6. The van der Waals surface area contributed by atoms with Crippen LogP contribution in [0.3, 0.4) is 0 Å². The zero-order chi connectivity index (χ0) is 14.7. The van der Waals surface area contributed by atoms with Crippen molar-refractivity contribution in [1.82, 2.24) is 9.55 Å². The minimum Gasteiger partial charge on any atom is -0.383 e. The molecule has 0 fully saturated rings. The van der Waals surface area contributed by atoms with Gasteiger partial charge in [-0.05, 0) is 36.4 Å². The zero-order valence-corrected chi connectivity index (χ0v) is 12.0. The molecule has 0 spiro atoms. The molecule has 4 nitrogen and oxygen atoms in total. The van der Waals surface area contributed by atoms with Gasteiger partial charge < -0.3 is 9.88 Å². The third-order valence-electron chi connectivity index (χ3n) is 3.26. The van der Waals surface area contributed by atoms with Gasteiger partial charge in [0.15, 0.2) is 0 Å². The fourth-order valence-corrected chi connectivity index (χ4v) is 2.35. The van der Waals surface area contributed by atoms with Crippen LogP contribution in [0.2, 0.25) is 5.02 Å². The van der Waals surface area contributed by atoms with E-state index in [0.717, 1.165) is 16.7 Å². The first-order chi connectivity index (χ1) is 10.2. The monoisotopic (exact) mass is 299 g/mol. The van der Waals surface area contributed by atoms with Crippen LogP contribution in [0.25, 0.3) is 11.0 Å². The van der Waals surface area contributed by atoms with Crippen LogP contribution in [0.1, 0.15) is 0 Å². The van der Waals surface area contributed by atoms with E-state index in [4.69, 9.17) is 11.6 Å². The van der Waals surface area contributed by atoms with Gasteiger partial charge in [0, 0.05) is 23.8 Å². The molecular weight excluding hydrogens is 286 g/mol. The number of rotatable bonds is 4. The van der Waals surface area contributed by atoms with Gasteiger partial charge in [-0.1, -0.05) is 23.7 Å². The van der Waals surface area contributed by atoms with Crippen LogP contribution in [0.15, 0.2) is 59.5 Å². The summed E-state index contributed by atoms with van der Waals surface area (Å²) < 4.78 is 1.73. The maximum atomic E-state index is 12.0. The molecule has 0 aliphatic carbocycles. The molecular formula is C16H14ClN3O. The molecule has 0 atom stereocenters. The number of fused-ring (bicyclic) bond motifs is 1. The van der Waals surface area contributed by atoms with Crippen LogP contribution in [-0.4, -0.2) is 16.1 Å². The summed E-state index contributed by atoms with van der Waals surface area (Å²) in [6.45, 7) is 1.22. The summed E-state index contributed by atoms with van der Waals surface area (Å²) in [6, 6.07) is 15.1. The van der Waals surface area contributed by atoms with Crippen molar-refractivity contribution in [2.24, 2.45) is 0 Å². The summed E-state index contributed by atoms with van der Waals surface area (Å²) in [6.07, 6.45) is 1.37. The summed E-state index contributed by atoms with van der Waals surface area (Å²) in [5.41, 5.74) is 2.56. The van der Waals surface area contributed by atoms with Crippen molar-refractivity contribution in [3.63, 3.8) is 0 Å². The zero-order valence-electron chi connectivity index (χ0n) is 11.3. The highest BCUT2D eigenvalue weighted by Gasteiger charge is 2.03. The van der Waals surface area contributed by atoms with Crippen LogP contribution in [0.5, 0.6) is 0 Å².